The van der Waals surface area contributed by atoms with Gasteiger partial charge in [0.2, 0.25) is 5.91 Å². The van der Waals surface area contributed by atoms with Crippen molar-refractivity contribution in [3.63, 3.8) is 0 Å². The number of likely N-dealkylation sites (N-methyl/N-ethyl adjacent to an activating group) is 1. The van der Waals surface area contributed by atoms with E-state index in [4.69, 9.17) is 11.6 Å². The van der Waals surface area contributed by atoms with Crippen LogP contribution in [0.4, 0.5) is 0 Å². The Balaban J connectivity index is 0.00000242. The number of nitrogens with one attached hydrogen (secondary N) is 1. The topological polar surface area (TPSA) is 35.6 Å². The maximum atomic E-state index is 12.3. The van der Waals surface area contributed by atoms with Gasteiger partial charge >= 0.3 is 0 Å². The molecule has 7 heteroatoms. The Labute approximate surface area is 148 Å². The first-order valence-electron chi connectivity index (χ1n) is 7.43. The highest BCUT2D eigenvalue weighted by molar-refractivity contribution is 7.16. The minimum Gasteiger partial charge on any atom is -0.340 e. The molecule has 1 fully saturated rings. The van der Waals surface area contributed by atoms with E-state index in [9.17, 15) is 4.79 Å². The summed E-state index contributed by atoms with van der Waals surface area (Å²) in [6.45, 7) is 4.25. The van der Waals surface area contributed by atoms with E-state index < -0.39 is 0 Å². The van der Waals surface area contributed by atoms with Crippen molar-refractivity contribution >= 4 is 41.3 Å². The highest BCUT2D eigenvalue weighted by Gasteiger charge is 2.22. The molecule has 1 unspecified atom stereocenters. The first-order chi connectivity index (χ1) is 10.1. The number of hydrogen-bond donors (Lipinski definition) is 1. The van der Waals surface area contributed by atoms with Crippen LogP contribution in [0, 0.1) is 5.92 Å². The fraction of sp³-hybridized carbons (Fsp3) is 0.667. The van der Waals surface area contributed by atoms with E-state index in [-0.39, 0.29) is 18.3 Å². The Kier molecular flexibility index (Phi) is 8.72. The summed E-state index contributed by atoms with van der Waals surface area (Å²) in [7, 11) is 3.86. The summed E-state index contributed by atoms with van der Waals surface area (Å²) < 4.78 is 0.775. The summed E-state index contributed by atoms with van der Waals surface area (Å²) in [5.74, 6) is 0.850. The first-order valence-corrected chi connectivity index (χ1v) is 8.63. The molecule has 126 valence electrons. The lowest BCUT2D eigenvalue weighted by Crippen LogP contribution is -2.44. The van der Waals surface area contributed by atoms with Crippen molar-refractivity contribution in [2.24, 2.45) is 5.92 Å². The minimum absolute atomic E-state index is 0. The van der Waals surface area contributed by atoms with Crippen molar-refractivity contribution in [3.8, 4) is 0 Å². The highest BCUT2D eigenvalue weighted by Crippen LogP contribution is 2.22. The molecule has 0 spiro atoms. The molecule has 0 aliphatic carbocycles. The summed E-state index contributed by atoms with van der Waals surface area (Å²) in [4.78, 5) is 17.5. The molecule has 1 amide bonds. The molecule has 0 radical (unpaired) electrons. The quantitative estimate of drug-likeness (QED) is 0.841. The lowest BCUT2D eigenvalue weighted by atomic mass is 9.98. The molecule has 1 atom stereocenters. The summed E-state index contributed by atoms with van der Waals surface area (Å²) in [6, 6.07) is 3.87. The Hall–Kier alpha value is -0.330. The zero-order valence-corrected chi connectivity index (χ0v) is 15.6. The van der Waals surface area contributed by atoms with Crippen LogP contribution < -0.4 is 5.32 Å². The molecule has 2 rings (SSSR count). The van der Waals surface area contributed by atoms with Crippen LogP contribution in [0.25, 0.3) is 0 Å². The number of carbonyl (C=O) groups excluding carboxylic acids is 1. The number of amides is 1. The standard InChI is InChI=1S/C15H24ClN3OS.ClH/c1-17-8-12-4-3-7-19(9-12)11-15(20)18(2)10-13-5-6-14(16)21-13;/h5-6,12,17H,3-4,7-11H2,1-2H3;1H. The van der Waals surface area contributed by atoms with E-state index in [0.717, 1.165) is 28.8 Å². The summed E-state index contributed by atoms with van der Waals surface area (Å²) in [5, 5.41) is 3.24. The Bertz CT molecular complexity index is 467. The van der Waals surface area contributed by atoms with E-state index in [1.165, 1.54) is 24.2 Å². The average molecular weight is 366 g/mol. The van der Waals surface area contributed by atoms with E-state index in [1.54, 1.807) is 4.90 Å². The third-order valence-corrected chi connectivity index (χ3v) is 5.12. The first kappa shape index (κ1) is 19.7. The van der Waals surface area contributed by atoms with Crippen molar-refractivity contribution in [1.29, 1.82) is 0 Å². The third kappa shape index (κ3) is 6.05. The van der Waals surface area contributed by atoms with Gasteiger partial charge in [-0.3, -0.25) is 9.69 Å². The number of likely N-dealkylation sites (tertiary alicyclic amines) is 1. The van der Waals surface area contributed by atoms with E-state index >= 15 is 0 Å². The molecule has 1 N–H and O–H groups in total. The number of hydrogen-bond acceptors (Lipinski definition) is 4. The third-order valence-electron chi connectivity index (χ3n) is 3.90. The van der Waals surface area contributed by atoms with Gasteiger partial charge in [-0.05, 0) is 51.0 Å². The summed E-state index contributed by atoms with van der Waals surface area (Å²) in [5.41, 5.74) is 0. The number of piperidine rings is 1. The van der Waals surface area contributed by atoms with Gasteiger partial charge < -0.3 is 10.2 Å². The summed E-state index contributed by atoms with van der Waals surface area (Å²) in [6.07, 6.45) is 2.44. The van der Waals surface area contributed by atoms with Gasteiger partial charge in [0.15, 0.2) is 0 Å². The monoisotopic (exact) mass is 365 g/mol. The van der Waals surface area contributed by atoms with Crippen molar-refractivity contribution in [1.82, 2.24) is 15.1 Å². The van der Waals surface area contributed by atoms with Crippen molar-refractivity contribution < 1.29 is 4.79 Å². The lowest BCUT2D eigenvalue weighted by Gasteiger charge is -2.33. The molecule has 0 bridgehead atoms. The molecule has 22 heavy (non-hydrogen) atoms. The second-order valence-electron chi connectivity index (χ2n) is 5.76. The maximum absolute atomic E-state index is 12.3. The Morgan fingerprint density at radius 3 is 2.95 bits per heavy atom. The largest absolute Gasteiger partial charge is 0.340 e. The van der Waals surface area contributed by atoms with Crippen LogP contribution in [0.1, 0.15) is 17.7 Å². The Morgan fingerprint density at radius 2 is 2.32 bits per heavy atom. The van der Waals surface area contributed by atoms with Crippen LogP contribution in [0.15, 0.2) is 12.1 Å². The van der Waals surface area contributed by atoms with Crippen LogP contribution in [0.2, 0.25) is 4.34 Å². The molecular weight excluding hydrogens is 341 g/mol. The van der Waals surface area contributed by atoms with E-state index in [1.807, 2.05) is 26.2 Å². The van der Waals surface area contributed by atoms with Crippen LogP contribution in [0.3, 0.4) is 0 Å². The van der Waals surface area contributed by atoms with E-state index in [0.29, 0.717) is 19.0 Å². The zero-order valence-electron chi connectivity index (χ0n) is 13.2. The van der Waals surface area contributed by atoms with Crippen molar-refractivity contribution in [2.75, 3.05) is 40.3 Å². The minimum atomic E-state index is 0. The van der Waals surface area contributed by atoms with Crippen LogP contribution in [-0.2, 0) is 11.3 Å². The van der Waals surface area contributed by atoms with Crippen LogP contribution in [0.5, 0.6) is 0 Å². The van der Waals surface area contributed by atoms with Crippen LogP contribution >= 0.6 is 35.3 Å². The molecular formula is C15H25Cl2N3OS. The second kappa shape index (κ2) is 9.73. The number of thiophene rings is 1. The van der Waals surface area contributed by atoms with Crippen molar-refractivity contribution in [3.05, 3.63) is 21.3 Å². The smallest absolute Gasteiger partial charge is 0.236 e. The van der Waals surface area contributed by atoms with Gasteiger partial charge in [0.1, 0.15) is 0 Å². The molecule has 1 aliphatic heterocycles. The second-order valence-corrected chi connectivity index (χ2v) is 7.56. The van der Waals surface area contributed by atoms with Gasteiger partial charge in [-0.1, -0.05) is 11.6 Å². The van der Waals surface area contributed by atoms with Gasteiger partial charge in [-0.2, -0.15) is 0 Å². The fourth-order valence-corrected chi connectivity index (χ4v) is 3.96. The number of halogens is 2. The van der Waals surface area contributed by atoms with Crippen LogP contribution in [-0.4, -0.2) is 56.0 Å². The molecule has 4 nitrogen and oxygen atoms in total. The van der Waals surface area contributed by atoms with Gasteiger partial charge in [-0.25, -0.2) is 0 Å². The van der Waals surface area contributed by atoms with E-state index in [2.05, 4.69) is 10.2 Å². The SMILES string of the molecule is CNCC1CCCN(CC(=O)N(C)Cc2ccc(Cl)s2)C1.Cl. The normalized spacial score (nSPS) is 18.8. The molecule has 2 heterocycles. The molecule has 1 aromatic rings. The predicted molar refractivity (Wildman–Crippen MR) is 96.1 cm³/mol. The highest BCUT2D eigenvalue weighted by atomic mass is 35.5. The predicted octanol–water partition coefficient (Wildman–Crippen LogP) is 2.71. The number of rotatable bonds is 6. The van der Waals surface area contributed by atoms with Gasteiger partial charge in [0, 0.05) is 18.5 Å². The molecule has 1 aliphatic rings. The van der Waals surface area contributed by atoms with Gasteiger partial charge in [0.05, 0.1) is 17.4 Å². The maximum Gasteiger partial charge on any atom is 0.236 e. The van der Waals surface area contributed by atoms with Gasteiger partial charge in [0.25, 0.3) is 0 Å². The molecule has 0 saturated carbocycles. The zero-order chi connectivity index (χ0) is 15.2. The fourth-order valence-electron chi connectivity index (χ4n) is 2.82. The Morgan fingerprint density at radius 1 is 1.55 bits per heavy atom. The van der Waals surface area contributed by atoms with Gasteiger partial charge in [-0.15, -0.1) is 23.7 Å². The van der Waals surface area contributed by atoms with Crippen molar-refractivity contribution in [2.45, 2.75) is 19.4 Å². The molecule has 0 aromatic carbocycles. The summed E-state index contributed by atoms with van der Waals surface area (Å²) >= 11 is 7.46. The number of nitrogens with zero attached hydrogens (tertiary/aromatic N) is 2. The molecule has 1 aromatic heterocycles. The number of carbonyl (C=O) groups is 1. The average Bonchev–Trinajstić information content (AvgIpc) is 2.85. The molecule has 1 saturated heterocycles. The lowest BCUT2D eigenvalue weighted by molar-refractivity contribution is -0.132.